The van der Waals surface area contributed by atoms with E-state index in [0.29, 0.717) is 0 Å². The summed E-state index contributed by atoms with van der Waals surface area (Å²) >= 11 is -1.12. The predicted octanol–water partition coefficient (Wildman–Crippen LogP) is 1.81. The Balaban J connectivity index is 3.84. The van der Waals surface area contributed by atoms with E-state index in [1.807, 2.05) is 27.7 Å². The van der Waals surface area contributed by atoms with Crippen LogP contribution < -0.4 is 0 Å². The van der Waals surface area contributed by atoms with Gasteiger partial charge in [0.2, 0.25) is 0 Å². The van der Waals surface area contributed by atoms with Gasteiger partial charge in [-0.05, 0) is 27.2 Å². The minimum absolute atomic E-state index is 0.248. The molecule has 0 amide bonds. The van der Waals surface area contributed by atoms with Crippen molar-refractivity contribution < 1.29 is 4.55 Å². The normalized spacial score (nSPS) is 16.1. The van der Waals surface area contributed by atoms with Crippen molar-refractivity contribution in [3.63, 3.8) is 0 Å². The molecule has 1 unspecified atom stereocenters. The molecule has 0 saturated heterocycles. The summed E-state index contributed by atoms with van der Waals surface area (Å²) in [6, 6.07) is 0. The van der Waals surface area contributed by atoms with Crippen LogP contribution in [0.2, 0.25) is 0 Å². The van der Waals surface area contributed by atoms with Crippen molar-refractivity contribution in [2.45, 2.75) is 38.9 Å². The van der Waals surface area contributed by atoms with E-state index in [0.717, 1.165) is 6.42 Å². The minimum atomic E-state index is -1.12. The third kappa shape index (κ3) is 3.90. The summed E-state index contributed by atoms with van der Waals surface area (Å²) in [5, 5.41) is 0. The lowest BCUT2D eigenvalue weighted by Crippen LogP contribution is -2.25. The highest BCUT2D eigenvalue weighted by Crippen LogP contribution is 2.16. The van der Waals surface area contributed by atoms with Gasteiger partial charge in [-0.15, -0.1) is 0 Å². The Hall–Kier alpha value is -0.0200. The molecule has 0 aromatic heterocycles. The second kappa shape index (κ2) is 3.98. The smallest absolute Gasteiger partial charge is 0.144 e. The van der Waals surface area contributed by atoms with E-state index >= 15 is 0 Å². The minimum Gasteiger partial charge on any atom is -0.591 e. The average molecular weight is 160 g/mol. The molecule has 0 aromatic rings. The molecule has 0 heterocycles. The van der Waals surface area contributed by atoms with E-state index in [4.69, 9.17) is 0 Å². The van der Waals surface area contributed by atoms with Crippen LogP contribution in [0.25, 0.3) is 0 Å². The standard InChI is InChI=1S/C7H14NOS/c1-5-6-8-10(9)7(2,3)4/h5H2,1-4H3. The molecule has 0 bridgehead atoms. The van der Waals surface area contributed by atoms with Crippen molar-refractivity contribution >= 4 is 17.6 Å². The zero-order valence-electron chi connectivity index (χ0n) is 6.97. The van der Waals surface area contributed by atoms with Gasteiger partial charge in [0.25, 0.3) is 0 Å². The van der Waals surface area contributed by atoms with Crippen molar-refractivity contribution in [3.8, 4) is 0 Å². The number of nitrogens with zero attached hydrogens (tertiary/aromatic N) is 1. The van der Waals surface area contributed by atoms with Gasteiger partial charge in [0.05, 0.1) is 0 Å². The zero-order valence-corrected chi connectivity index (χ0v) is 7.79. The molecule has 1 atom stereocenters. The van der Waals surface area contributed by atoms with Gasteiger partial charge in [0, 0.05) is 0 Å². The first-order valence-corrected chi connectivity index (χ1v) is 4.44. The molecule has 0 rings (SSSR count). The second-order valence-corrected chi connectivity index (χ2v) is 4.87. The van der Waals surface area contributed by atoms with Gasteiger partial charge in [-0.1, -0.05) is 11.3 Å². The third-order valence-corrected chi connectivity index (χ3v) is 2.17. The molecular formula is C7H14NOS. The van der Waals surface area contributed by atoms with Crippen molar-refractivity contribution in [3.05, 3.63) is 0 Å². The van der Waals surface area contributed by atoms with Crippen LogP contribution in [-0.2, 0) is 11.4 Å². The van der Waals surface area contributed by atoms with Crippen LogP contribution in [0.15, 0.2) is 4.40 Å². The third-order valence-electron chi connectivity index (χ3n) is 0.829. The molecular weight excluding hydrogens is 146 g/mol. The first kappa shape index (κ1) is 9.98. The molecule has 2 nitrogen and oxygen atoms in total. The molecule has 0 saturated carbocycles. The highest BCUT2D eigenvalue weighted by molar-refractivity contribution is 7.91. The number of hydrogen-bond acceptors (Lipinski definition) is 2. The summed E-state index contributed by atoms with van der Waals surface area (Å²) in [5.41, 5.74) is 0. The first-order chi connectivity index (χ1) is 4.48. The maximum Gasteiger partial charge on any atom is 0.144 e. The molecule has 0 fully saturated rings. The Morgan fingerprint density at radius 2 is 2.00 bits per heavy atom. The van der Waals surface area contributed by atoms with Gasteiger partial charge in [0.1, 0.15) is 22.3 Å². The monoisotopic (exact) mass is 160 g/mol. The Morgan fingerprint density at radius 3 is 2.30 bits per heavy atom. The average Bonchev–Trinajstić information content (AvgIpc) is 1.80. The highest BCUT2D eigenvalue weighted by Gasteiger charge is 2.25. The summed E-state index contributed by atoms with van der Waals surface area (Å²) in [5.74, 6) is 0. The lowest BCUT2D eigenvalue weighted by molar-refractivity contribution is 0.561. The summed E-state index contributed by atoms with van der Waals surface area (Å²) in [6.07, 6.45) is 3.40. The molecule has 0 N–H and O–H groups in total. The van der Waals surface area contributed by atoms with Crippen LogP contribution in [-0.4, -0.2) is 15.5 Å². The second-order valence-electron chi connectivity index (χ2n) is 2.96. The van der Waals surface area contributed by atoms with Crippen molar-refractivity contribution in [1.29, 1.82) is 0 Å². The van der Waals surface area contributed by atoms with E-state index in [9.17, 15) is 4.55 Å². The van der Waals surface area contributed by atoms with Crippen molar-refractivity contribution in [2.75, 3.05) is 0 Å². The lowest BCUT2D eigenvalue weighted by Gasteiger charge is -2.17. The van der Waals surface area contributed by atoms with E-state index in [2.05, 4.69) is 10.6 Å². The Kier molecular flexibility index (Phi) is 3.98. The maximum absolute atomic E-state index is 11.1. The first-order valence-electron chi connectivity index (χ1n) is 3.34. The van der Waals surface area contributed by atoms with Gasteiger partial charge in [0.15, 0.2) is 0 Å². The van der Waals surface area contributed by atoms with E-state index in [-0.39, 0.29) is 4.75 Å². The molecule has 1 radical (unpaired) electrons. The topological polar surface area (TPSA) is 35.4 Å². The lowest BCUT2D eigenvalue weighted by atomic mass is 10.3. The summed E-state index contributed by atoms with van der Waals surface area (Å²) in [6.45, 7) is 7.60. The van der Waals surface area contributed by atoms with Gasteiger partial charge in [-0.2, -0.15) is 0 Å². The molecule has 3 heteroatoms. The SMILES string of the molecule is CC/[C]=N/[S+]([O-])C(C)(C)C. The van der Waals surface area contributed by atoms with Crippen LogP contribution in [0.3, 0.4) is 0 Å². The van der Waals surface area contributed by atoms with Crippen molar-refractivity contribution in [1.82, 2.24) is 0 Å². The Labute approximate surface area is 66.1 Å². The van der Waals surface area contributed by atoms with Gasteiger partial charge in [-0.25, -0.2) is 0 Å². The predicted molar refractivity (Wildman–Crippen MR) is 45.6 cm³/mol. The molecule has 0 aliphatic carbocycles. The van der Waals surface area contributed by atoms with Crippen LogP contribution in [0, 0.1) is 0 Å². The summed E-state index contributed by atoms with van der Waals surface area (Å²) in [4.78, 5) is 0. The summed E-state index contributed by atoms with van der Waals surface area (Å²) < 4.78 is 14.6. The highest BCUT2D eigenvalue weighted by atomic mass is 32.2. The molecule has 0 spiro atoms. The van der Waals surface area contributed by atoms with Crippen LogP contribution >= 0.6 is 0 Å². The molecule has 0 aliphatic rings. The largest absolute Gasteiger partial charge is 0.591 e. The van der Waals surface area contributed by atoms with Crippen LogP contribution in [0.5, 0.6) is 0 Å². The van der Waals surface area contributed by atoms with Crippen LogP contribution in [0.1, 0.15) is 34.1 Å². The van der Waals surface area contributed by atoms with E-state index in [1.54, 1.807) is 0 Å². The van der Waals surface area contributed by atoms with Gasteiger partial charge < -0.3 is 4.55 Å². The fourth-order valence-electron chi connectivity index (χ4n) is 0.260. The van der Waals surface area contributed by atoms with Crippen LogP contribution in [0.4, 0.5) is 0 Å². The molecule has 0 aliphatic heterocycles. The fraction of sp³-hybridized carbons (Fsp3) is 0.857. The quantitative estimate of drug-likeness (QED) is 0.448. The molecule has 0 aromatic carbocycles. The van der Waals surface area contributed by atoms with E-state index in [1.165, 1.54) is 0 Å². The fourth-order valence-corrected chi connectivity index (χ4v) is 0.780. The summed E-state index contributed by atoms with van der Waals surface area (Å²) in [7, 11) is 0. The van der Waals surface area contributed by atoms with Gasteiger partial charge >= 0.3 is 0 Å². The van der Waals surface area contributed by atoms with Gasteiger partial charge in [-0.3, -0.25) is 0 Å². The number of hydrogen-bond donors (Lipinski definition) is 0. The zero-order chi connectivity index (χ0) is 8.20. The molecule has 59 valence electrons. The molecule has 10 heavy (non-hydrogen) atoms. The van der Waals surface area contributed by atoms with E-state index < -0.39 is 11.4 Å². The maximum atomic E-state index is 11.1. The number of rotatable bonds is 2. The Morgan fingerprint density at radius 1 is 1.50 bits per heavy atom. The Bertz CT molecular complexity index is 117. The van der Waals surface area contributed by atoms with Crippen molar-refractivity contribution in [2.24, 2.45) is 4.40 Å².